The molecule has 88 valence electrons. The molecule has 0 radical (unpaired) electrons. The number of nitrogens with zero attached hydrogens (tertiary/aromatic N) is 2. The summed E-state index contributed by atoms with van der Waals surface area (Å²) in [4.78, 5) is 26.2. The van der Waals surface area contributed by atoms with Crippen LogP contribution in [0.1, 0.15) is 12.7 Å². The van der Waals surface area contributed by atoms with Crippen molar-refractivity contribution < 1.29 is 18.8 Å². The first kappa shape index (κ1) is 12.1. The lowest BCUT2D eigenvalue weighted by molar-refractivity contribution is -0.146. The quantitative estimate of drug-likeness (QED) is 0.511. The Morgan fingerprint density at radius 1 is 1.62 bits per heavy atom. The molecular weight excluding hydrogens is 216 g/mol. The summed E-state index contributed by atoms with van der Waals surface area (Å²) < 4.78 is 9.20. The van der Waals surface area contributed by atoms with Crippen molar-refractivity contribution in [2.75, 3.05) is 11.9 Å². The van der Waals surface area contributed by atoms with Crippen LogP contribution in [-0.2, 0) is 14.3 Å². The van der Waals surface area contributed by atoms with E-state index in [-0.39, 0.29) is 12.6 Å². The highest BCUT2D eigenvalue weighted by molar-refractivity contribution is 6.07. The van der Waals surface area contributed by atoms with E-state index in [1.165, 1.54) is 0 Å². The highest BCUT2D eigenvalue weighted by atomic mass is 16.5. The number of esters is 1. The van der Waals surface area contributed by atoms with Crippen LogP contribution >= 0.6 is 0 Å². The molecule has 0 aromatic carbocycles. The molecular formula is C8H12N4O4. The smallest absolute Gasteiger partial charge is 0.332 e. The lowest BCUT2D eigenvalue weighted by Gasteiger charge is -2.08. The van der Waals surface area contributed by atoms with Gasteiger partial charge in [0.15, 0.2) is 11.9 Å². The number of ether oxygens (including phenoxy) is 1. The Labute approximate surface area is 91.1 Å². The van der Waals surface area contributed by atoms with Crippen molar-refractivity contribution in [1.29, 1.82) is 0 Å². The molecule has 0 saturated carbocycles. The number of aryl methyl sites for hydroxylation is 1. The van der Waals surface area contributed by atoms with Gasteiger partial charge in [0, 0.05) is 0 Å². The van der Waals surface area contributed by atoms with Gasteiger partial charge in [0.1, 0.15) is 0 Å². The van der Waals surface area contributed by atoms with Crippen LogP contribution in [0.3, 0.4) is 0 Å². The molecule has 0 bridgehead atoms. The Bertz CT molecular complexity index is 389. The van der Waals surface area contributed by atoms with Gasteiger partial charge in [0.05, 0.1) is 6.61 Å². The molecule has 1 aromatic rings. The third-order valence-electron chi connectivity index (χ3n) is 1.58. The molecule has 0 aliphatic carbocycles. The predicted octanol–water partition coefficient (Wildman–Crippen LogP) is -0.793. The summed E-state index contributed by atoms with van der Waals surface area (Å²) in [5.74, 6) is -1.21. The van der Waals surface area contributed by atoms with E-state index < -0.39 is 17.9 Å². The molecule has 0 aliphatic rings. The second kappa shape index (κ2) is 5.21. The Kier molecular flexibility index (Phi) is 3.95. The van der Waals surface area contributed by atoms with E-state index in [9.17, 15) is 9.59 Å². The number of rotatable bonds is 4. The topological polar surface area (TPSA) is 120 Å². The van der Waals surface area contributed by atoms with Gasteiger partial charge < -0.3 is 15.0 Å². The maximum Gasteiger partial charge on any atom is 0.332 e. The first-order valence-electron chi connectivity index (χ1n) is 4.58. The summed E-state index contributed by atoms with van der Waals surface area (Å²) in [5.41, 5.74) is 5.33. The Hall–Kier alpha value is -1.96. The van der Waals surface area contributed by atoms with Gasteiger partial charge in [0.2, 0.25) is 0 Å². The molecule has 0 spiro atoms. The van der Waals surface area contributed by atoms with Crippen molar-refractivity contribution in [2.45, 2.75) is 19.9 Å². The van der Waals surface area contributed by atoms with Crippen LogP contribution < -0.4 is 11.1 Å². The fraction of sp³-hybridized carbons (Fsp3) is 0.500. The largest absolute Gasteiger partial charge is 0.464 e. The van der Waals surface area contributed by atoms with Crippen LogP contribution in [0.15, 0.2) is 4.52 Å². The number of hydrogen-bond donors (Lipinski definition) is 2. The van der Waals surface area contributed by atoms with Crippen molar-refractivity contribution in [1.82, 2.24) is 10.1 Å². The number of carbonyl (C=O) groups is 2. The summed E-state index contributed by atoms with van der Waals surface area (Å²) in [6.45, 7) is 3.35. The predicted molar refractivity (Wildman–Crippen MR) is 52.3 cm³/mol. The first-order chi connectivity index (χ1) is 7.54. The molecule has 1 amide bonds. The molecule has 8 nitrogen and oxygen atoms in total. The monoisotopic (exact) mass is 228 g/mol. The molecule has 0 saturated heterocycles. The number of carbonyl (C=O) groups excluding carboxylic acids is 2. The molecule has 1 heterocycles. The summed E-state index contributed by atoms with van der Waals surface area (Å²) >= 11 is 0. The number of hydrogen-bond acceptors (Lipinski definition) is 7. The summed E-state index contributed by atoms with van der Waals surface area (Å²) in [5, 5.41) is 5.65. The van der Waals surface area contributed by atoms with Gasteiger partial charge in [-0.2, -0.15) is 4.98 Å². The maximum atomic E-state index is 11.4. The average Bonchev–Trinajstić information content (AvgIpc) is 2.63. The Morgan fingerprint density at radius 3 is 2.81 bits per heavy atom. The molecule has 1 unspecified atom stereocenters. The molecule has 8 heteroatoms. The number of amides is 1. The lowest BCUT2D eigenvalue weighted by atomic mass is 10.3. The summed E-state index contributed by atoms with van der Waals surface area (Å²) in [7, 11) is 0. The Balaban J connectivity index is 2.55. The van der Waals surface area contributed by atoms with Crippen molar-refractivity contribution in [3.63, 3.8) is 0 Å². The average molecular weight is 228 g/mol. The van der Waals surface area contributed by atoms with E-state index in [0.29, 0.717) is 5.82 Å². The molecule has 1 rings (SSSR count). The SMILES string of the molecule is CCOC(=O)C(N)C(=O)Nc1nc(C)no1. The molecule has 3 N–H and O–H groups in total. The second-order valence-electron chi connectivity index (χ2n) is 2.87. The van der Waals surface area contributed by atoms with Crippen LogP contribution in [0.4, 0.5) is 6.01 Å². The third-order valence-corrected chi connectivity index (χ3v) is 1.58. The standard InChI is InChI=1S/C8H12N4O4/c1-3-15-7(14)5(9)6(13)11-8-10-4(2)12-16-8/h5H,3,9H2,1-2H3,(H,10,11,12,13). The van der Waals surface area contributed by atoms with Crippen LogP contribution in [0.5, 0.6) is 0 Å². The van der Waals surface area contributed by atoms with Crippen molar-refractivity contribution in [2.24, 2.45) is 5.73 Å². The van der Waals surface area contributed by atoms with Gasteiger partial charge >= 0.3 is 12.0 Å². The molecule has 16 heavy (non-hydrogen) atoms. The molecule has 0 aliphatic heterocycles. The van der Waals surface area contributed by atoms with Gasteiger partial charge in [-0.15, -0.1) is 0 Å². The van der Waals surface area contributed by atoms with E-state index in [4.69, 9.17) is 5.73 Å². The van der Waals surface area contributed by atoms with Crippen LogP contribution in [0.25, 0.3) is 0 Å². The second-order valence-corrected chi connectivity index (χ2v) is 2.87. The van der Waals surface area contributed by atoms with Gasteiger partial charge in [0.25, 0.3) is 5.91 Å². The van der Waals surface area contributed by atoms with E-state index in [1.54, 1.807) is 13.8 Å². The van der Waals surface area contributed by atoms with Gasteiger partial charge in [-0.25, -0.2) is 4.79 Å². The zero-order chi connectivity index (χ0) is 12.1. The van der Waals surface area contributed by atoms with E-state index in [0.717, 1.165) is 0 Å². The number of nitrogens with one attached hydrogen (secondary N) is 1. The minimum atomic E-state index is -1.41. The first-order valence-corrected chi connectivity index (χ1v) is 4.58. The highest BCUT2D eigenvalue weighted by Crippen LogP contribution is 2.02. The fourth-order valence-corrected chi connectivity index (χ4v) is 0.870. The number of aromatic nitrogens is 2. The molecule has 1 aromatic heterocycles. The number of nitrogens with two attached hydrogens (primary N) is 1. The molecule has 1 atom stereocenters. The third kappa shape index (κ3) is 3.02. The minimum Gasteiger partial charge on any atom is -0.464 e. The minimum absolute atomic E-state index is 0.109. The van der Waals surface area contributed by atoms with E-state index >= 15 is 0 Å². The normalized spacial score (nSPS) is 11.9. The lowest BCUT2D eigenvalue weighted by Crippen LogP contribution is -2.43. The highest BCUT2D eigenvalue weighted by Gasteiger charge is 2.24. The molecule has 0 fully saturated rings. The van der Waals surface area contributed by atoms with Crippen LogP contribution in [0, 0.1) is 6.92 Å². The van der Waals surface area contributed by atoms with Crippen molar-refractivity contribution in [3.8, 4) is 0 Å². The van der Waals surface area contributed by atoms with Gasteiger partial charge in [-0.3, -0.25) is 10.1 Å². The summed E-state index contributed by atoms with van der Waals surface area (Å²) in [6.07, 6.45) is 0. The maximum absolute atomic E-state index is 11.4. The van der Waals surface area contributed by atoms with Crippen LogP contribution in [-0.4, -0.2) is 34.7 Å². The van der Waals surface area contributed by atoms with Gasteiger partial charge in [-0.05, 0) is 13.8 Å². The zero-order valence-corrected chi connectivity index (χ0v) is 8.89. The van der Waals surface area contributed by atoms with Crippen LogP contribution in [0.2, 0.25) is 0 Å². The van der Waals surface area contributed by atoms with E-state index in [2.05, 4.69) is 24.7 Å². The summed E-state index contributed by atoms with van der Waals surface area (Å²) in [6, 6.07) is -1.52. The van der Waals surface area contributed by atoms with Gasteiger partial charge in [-0.1, -0.05) is 5.16 Å². The zero-order valence-electron chi connectivity index (χ0n) is 8.89. The Morgan fingerprint density at radius 2 is 2.31 bits per heavy atom. The number of anilines is 1. The van der Waals surface area contributed by atoms with Crippen molar-refractivity contribution in [3.05, 3.63) is 5.82 Å². The fourth-order valence-electron chi connectivity index (χ4n) is 0.870. The van der Waals surface area contributed by atoms with E-state index in [1.807, 2.05) is 0 Å². The van der Waals surface area contributed by atoms with Crippen molar-refractivity contribution >= 4 is 17.9 Å².